The zero-order valence-electron chi connectivity index (χ0n) is 7.42. The molecule has 1 aromatic carbocycles. The zero-order valence-corrected chi connectivity index (χ0v) is 10.3. The van der Waals surface area contributed by atoms with Crippen LogP contribution in [0, 0.1) is 3.57 Å². The van der Waals surface area contributed by atoms with Crippen molar-refractivity contribution in [3.8, 4) is 0 Å². The van der Waals surface area contributed by atoms with Gasteiger partial charge < -0.3 is 0 Å². The number of carbonyl (C=O) groups excluding carboxylic acids is 1. The summed E-state index contributed by atoms with van der Waals surface area (Å²) < 4.78 is 1.13. The van der Waals surface area contributed by atoms with Gasteiger partial charge in [-0.25, -0.2) is 0 Å². The molecule has 14 heavy (non-hydrogen) atoms. The molecule has 74 valence electrons. The minimum absolute atomic E-state index is 0.0523. The smallest absolute Gasteiger partial charge is 0.191 e. The second kappa shape index (κ2) is 5.31. The van der Waals surface area contributed by atoms with E-state index in [9.17, 15) is 4.79 Å². The average molecular weight is 323 g/mol. The van der Waals surface area contributed by atoms with E-state index in [4.69, 9.17) is 11.6 Å². The molecule has 0 fully saturated rings. The zero-order chi connectivity index (χ0) is 10.6. The molecular formula is C9H8ClIN2O. The molecule has 0 aliphatic heterocycles. The first-order valence-electron chi connectivity index (χ1n) is 3.85. The molecule has 0 atom stereocenters. The number of hydrazone groups is 1. The summed E-state index contributed by atoms with van der Waals surface area (Å²) in [6.07, 6.45) is 0. The first kappa shape index (κ1) is 11.5. The van der Waals surface area contributed by atoms with Gasteiger partial charge in [-0.05, 0) is 46.9 Å². The summed E-state index contributed by atoms with van der Waals surface area (Å²) in [5.41, 5.74) is 3.48. The van der Waals surface area contributed by atoms with Crippen LogP contribution in [0.3, 0.4) is 0 Å². The lowest BCUT2D eigenvalue weighted by Crippen LogP contribution is -2.04. The number of halogens is 2. The maximum atomic E-state index is 10.7. The second-order valence-corrected chi connectivity index (χ2v) is 4.18. The van der Waals surface area contributed by atoms with E-state index in [0.717, 1.165) is 9.26 Å². The predicted molar refractivity (Wildman–Crippen MR) is 66.8 cm³/mol. The molecule has 0 aliphatic carbocycles. The van der Waals surface area contributed by atoms with Crippen LogP contribution in [-0.2, 0) is 4.79 Å². The second-order valence-electron chi connectivity index (χ2n) is 2.58. The molecule has 1 rings (SSSR count). The van der Waals surface area contributed by atoms with Gasteiger partial charge in [0.25, 0.3) is 0 Å². The quantitative estimate of drug-likeness (QED) is 0.528. The number of rotatable bonds is 3. The number of hydrogen-bond acceptors (Lipinski definition) is 3. The van der Waals surface area contributed by atoms with Crippen LogP contribution in [0.25, 0.3) is 0 Å². The number of nitrogens with zero attached hydrogens (tertiary/aromatic N) is 1. The van der Waals surface area contributed by atoms with Gasteiger partial charge >= 0.3 is 0 Å². The topological polar surface area (TPSA) is 41.5 Å². The monoisotopic (exact) mass is 322 g/mol. The van der Waals surface area contributed by atoms with Gasteiger partial charge in [0.05, 0.1) is 5.69 Å². The fourth-order valence-electron chi connectivity index (χ4n) is 0.717. The maximum absolute atomic E-state index is 10.7. The third-order valence-electron chi connectivity index (χ3n) is 1.42. The van der Waals surface area contributed by atoms with E-state index < -0.39 is 0 Å². The number of ketones is 1. The fraction of sp³-hybridized carbons (Fsp3) is 0.111. The lowest BCUT2D eigenvalue weighted by atomic mass is 10.3. The number of carbonyl (C=O) groups is 1. The lowest BCUT2D eigenvalue weighted by molar-refractivity contribution is -0.110. The Hall–Kier alpha value is -0.620. The average Bonchev–Trinajstić information content (AvgIpc) is 2.16. The molecule has 0 spiro atoms. The SMILES string of the molecule is CC(=O)C(Cl)=NNc1ccc(I)cc1. The minimum Gasteiger partial charge on any atom is -0.292 e. The van der Waals surface area contributed by atoms with Gasteiger partial charge in [-0.1, -0.05) is 11.6 Å². The van der Waals surface area contributed by atoms with Crippen molar-refractivity contribution in [3.63, 3.8) is 0 Å². The Labute approximate surface area is 101 Å². The molecule has 0 heterocycles. The van der Waals surface area contributed by atoms with E-state index >= 15 is 0 Å². The fourth-order valence-corrected chi connectivity index (χ4v) is 1.12. The Morgan fingerprint density at radius 3 is 2.50 bits per heavy atom. The van der Waals surface area contributed by atoms with Gasteiger partial charge in [0, 0.05) is 10.5 Å². The predicted octanol–water partition coefficient (Wildman–Crippen LogP) is 2.84. The Morgan fingerprint density at radius 2 is 2.00 bits per heavy atom. The van der Waals surface area contributed by atoms with Crippen LogP contribution in [-0.4, -0.2) is 11.0 Å². The number of Topliss-reactive ketones (excluding diaryl/α,β-unsaturated/α-hetero) is 1. The van der Waals surface area contributed by atoms with Crippen LogP contribution in [0.1, 0.15) is 6.92 Å². The van der Waals surface area contributed by atoms with Gasteiger partial charge in [-0.2, -0.15) is 5.10 Å². The van der Waals surface area contributed by atoms with Gasteiger partial charge in [0.1, 0.15) is 0 Å². The summed E-state index contributed by atoms with van der Waals surface area (Å²) in [4.78, 5) is 10.7. The largest absolute Gasteiger partial charge is 0.292 e. The van der Waals surface area contributed by atoms with Crippen LogP contribution < -0.4 is 5.43 Å². The van der Waals surface area contributed by atoms with Crippen molar-refractivity contribution in [2.75, 3.05) is 5.43 Å². The van der Waals surface area contributed by atoms with Crippen molar-refractivity contribution in [1.29, 1.82) is 0 Å². The molecule has 0 saturated heterocycles. The first-order chi connectivity index (χ1) is 6.59. The van der Waals surface area contributed by atoms with Crippen LogP contribution in [0.15, 0.2) is 29.4 Å². The number of benzene rings is 1. The number of anilines is 1. The Bertz CT molecular complexity index is 362. The molecule has 0 saturated carbocycles. The molecule has 5 heteroatoms. The normalized spacial score (nSPS) is 11.2. The van der Waals surface area contributed by atoms with Crippen LogP contribution >= 0.6 is 34.2 Å². The standard InChI is InChI=1S/C9H8ClIN2O/c1-6(14)9(10)13-12-8-4-2-7(11)3-5-8/h2-5,12H,1H3. The third kappa shape index (κ3) is 3.63. The highest BCUT2D eigenvalue weighted by atomic mass is 127. The van der Waals surface area contributed by atoms with Crippen molar-refractivity contribution in [1.82, 2.24) is 0 Å². The third-order valence-corrected chi connectivity index (χ3v) is 2.49. The van der Waals surface area contributed by atoms with Crippen molar-refractivity contribution in [2.45, 2.75) is 6.92 Å². The molecule has 1 N–H and O–H groups in total. The van der Waals surface area contributed by atoms with E-state index in [0.29, 0.717) is 0 Å². The van der Waals surface area contributed by atoms with E-state index in [1.54, 1.807) is 0 Å². The Balaban J connectivity index is 2.66. The van der Waals surface area contributed by atoms with Gasteiger partial charge in [0.15, 0.2) is 11.0 Å². The van der Waals surface area contributed by atoms with Crippen molar-refractivity contribution >= 4 is 50.8 Å². The molecular weight excluding hydrogens is 314 g/mol. The molecule has 3 nitrogen and oxygen atoms in total. The minimum atomic E-state index is -0.260. The summed E-state index contributed by atoms with van der Waals surface area (Å²) in [6.45, 7) is 1.36. The Kier molecular flexibility index (Phi) is 4.34. The molecule has 0 bridgehead atoms. The summed E-state index contributed by atoms with van der Waals surface area (Å²) in [5, 5.41) is 3.65. The lowest BCUT2D eigenvalue weighted by Gasteiger charge is -1.99. The van der Waals surface area contributed by atoms with Crippen LogP contribution in [0.5, 0.6) is 0 Å². The molecule has 0 radical (unpaired) electrons. The highest BCUT2D eigenvalue weighted by Gasteiger charge is 1.99. The molecule has 0 amide bonds. The summed E-state index contributed by atoms with van der Waals surface area (Å²) in [5.74, 6) is -0.260. The number of hydrogen-bond donors (Lipinski definition) is 1. The van der Waals surface area contributed by atoms with Crippen LogP contribution in [0.2, 0.25) is 0 Å². The summed E-state index contributed by atoms with van der Waals surface area (Å²) in [6, 6.07) is 7.57. The van der Waals surface area contributed by atoms with E-state index in [1.165, 1.54) is 6.92 Å². The molecule has 0 aliphatic rings. The Morgan fingerprint density at radius 1 is 1.43 bits per heavy atom. The van der Waals surface area contributed by atoms with Crippen molar-refractivity contribution in [3.05, 3.63) is 27.8 Å². The van der Waals surface area contributed by atoms with E-state index in [1.807, 2.05) is 24.3 Å². The highest BCUT2D eigenvalue weighted by molar-refractivity contribution is 14.1. The van der Waals surface area contributed by atoms with Gasteiger partial charge in [-0.15, -0.1) is 0 Å². The van der Waals surface area contributed by atoms with Gasteiger partial charge in [0.2, 0.25) is 0 Å². The van der Waals surface area contributed by atoms with Gasteiger partial charge in [-0.3, -0.25) is 10.2 Å². The summed E-state index contributed by atoms with van der Waals surface area (Å²) in [7, 11) is 0. The molecule has 0 aromatic heterocycles. The molecule has 1 aromatic rings. The van der Waals surface area contributed by atoms with E-state index in [-0.39, 0.29) is 11.0 Å². The number of nitrogens with one attached hydrogen (secondary N) is 1. The maximum Gasteiger partial charge on any atom is 0.191 e. The highest BCUT2D eigenvalue weighted by Crippen LogP contribution is 2.11. The van der Waals surface area contributed by atoms with Crippen molar-refractivity contribution in [2.24, 2.45) is 5.10 Å². The first-order valence-corrected chi connectivity index (χ1v) is 5.31. The van der Waals surface area contributed by atoms with Crippen LogP contribution in [0.4, 0.5) is 5.69 Å². The summed E-state index contributed by atoms with van der Waals surface area (Å²) >= 11 is 7.74. The van der Waals surface area contributed by atoms with E-state index in [2.05, 4.69) is 33.1 Å². The molecule has 0 unspecified atom stereocenters. The van der Waals surface area contributed by atoms with Crippen molar-refractivity contribution < 1.29 is 4.79 Å².